The highest BCUT2D eigenvalue weighted by Crippen LogP contribution is 2.51. The van der Waals surface area contributed by atoms with Gasteiger partial charge in [0.2, 0.25) is 0 Å². The van der Waals surface area contributed by atoms with E-state index in [4.69, 9.17) is 0 Å². The van der Waals surface area contributed by atoms with Gasteiger partial charge in [-0.05, 0) is 117 Å². The van der Waals surface area contributed by atoms with Crippen molar-refractivity contribution in [2.45, 2.75) is 45.4 Å². The minimum absolute atomic E-state index is 0.0709. The zero-order valence-corrected chi connectivity index (χ0v) is 28.9. The molecule has 0 heterocycles. The Balaban J connectivity index is 1.35. The van der Waals surface area contributed by atoms with Gasteiger partial charge >= 0.3 is 0 Å². The van der Waals surface area contributed by atoms with Crippen LogP contribution in [0.1, 0.15) is 51.3 Å². The number of benzene rings is 8. The summed E-state index contributed by atoms with van der Waals surface area (Å²) in [6, 6.07) is 57.1. The molecule has 49 heavy (non-hydrogen) atoms. The molecule has 0 aliphatic heterocycles. The average Bonchev–Trinajstić information content (AvgIpc) is 3.35. The second-order valence-electron chi connectivity index (χ2n) is 15.4. The highest BCUT2D eigenvalue weighted by molar-refractivity contribution is 6.22. The summed E-state index contributed by atoms with van der Waals surface area (Å²) in [5.41, 5.74) is 14.5. The molecule has 0 unspecified atom stereocenters. The predicted molar refractivity (Wildman–Crippen MR) is 212 cm³/mol. The van der Waals surface area contributed by atoms with E-state index in [0.29, 0.717) is 0 Å². The molecule has 236 valence electrons. The molecule has 0 aromatic heterocycles. The van der Waals surface area contributed by atoms with Crippen molar-refractivity contribution >= 4 is 32.3 Å². The van der Waals surface area contributed by atoms with E-state index in [-0.39, 0.29) is 10.8 Å². The van der Waals surface area contributed by atoms with Crippen LogP contribution in [-0.2, 0) is 10.8 Å². The first-order valence-electron chi connectivity index (χ1n) is 17.5. The Morgan fingerprint density at radius 3 is 1.69 bits per heavy atom. The number of fused-ring (bicyclic) bond motifs is 6. The summed E-state index contributed by atoms with van der Waals surface area (Å²) in [5.74, 6) is 0. The van der Waals surface area contributed by atoms with Crippen LogP contribution in [-0.4, -0.2) is 0 Å². The molecule has 8 aromatic carbocycles. The molecule has 8 aromatic rings. The highest BCUT2D eigenvalue weighted by Gasteiger charge is 2.35. The minimum Gasteiger partial charge on any atom is -0.0619 e. The molecule has 0 amide bonds. The van der Waals surface area contributed by atoms with Crippen molar-refractivity contribution in [1.82, 2.24) is 0 Å². The molecule has 0 spiro atoms. The van der Waals surface area contributed by atoms with E-state index in [2.05, 4.69) is 186 Å². The Bertz CT molecular complexity index is 2590. The van der Waals surface area contributed by atoms with Crippen LogP contribution in [0, 0.1) is 0 Å². The summed E-state index contributed by atoms with van der Waals surface area (Å²) >= 11 is 0. The van der Waals surface area contributed by atoms with Gasteiger partial charge in [-0.25, -0.2) is 0 Å². The lowest BCUT2D eigenvalue weighted by Crippen LogP contribution is -2.14. The molecule has 0 atom stereocenters. The summed E-state index contributed by atoms with van der Waals surface area (Å²) in [4.78, 5) is 0. The fourth-order valence-corrected chi connectivity index (χ4v) is 8.35. The van der Waals surface area contributed by atoms with E-state index in [1.54, 1.807) is 0 Å². The molecule has 9 rings (SSSR count). The largest absolute Gasteiger partial charge is 0.0619 e. The number of hydrogen-bond donors (Lipinski definition) is 0. The van der Waals surface area contributed by atoms with Gasteiger partial charge in [0.15, 0.2) is 0 Å². The minimum atomic E-state index is -0.0709. The third-order valence-electron chi connectivity index (χ3n) is 11.0. The van der Waals surface area contributed by atoms with Crippen molar-refractivity contribution in [3.63, 3.8) is 0 Å². The second kappa shape index (κ2) is 10.8. The zero-order valence-electron chi connectivity index (χ0n) is 28.9. The first kappa shape index (κ1) is 29.7. The fourth-order valence-electron chi connectivity index (χ4n) is 8.35. The summed E-state index contributed by atoms with van der Waals surface area (Å²) < 4.78 is 0. The van der Waals surface area contributed by atoms with Gasteiger partial charge in [-0.2, -0.15) is 0 Å². The normalized spacial score (nSPS) is 13.6. The van der Waals surface area contributed by atoms with Crippen LogP contribution in [0.2, 0.25) is 0 Å². The SMILES string of the molecule is CC(C)(C)c1ccc(-c2c3ccccc3c(-c3ccc4c(c3)C(C)(C)c3ccccc3-4)c3cc(-c4ccc5ccccc5c4)ccc23)cc1. The van der Waals surface area contributed by atoms with Gasteiger partial charge in [-0.15, -0.1) is 0 Å². The lowest BCUT2D eigenvalue weighted by molar-refractivity contribution is 0.590. The standard InChI is InChI=1S/C49H40/c1-48(2,3)37-24-20-32(21-25-37)46-40-15-8-9-16-41(40)47(36-23-26-39-38-14-10-11-17-44(38)49(4,5)45(39)30-36)43-29-35(22-27-42(43)46)34-19-18-31-12-6-7-13-33(31)28-34/h6-30H,1-5H3. The van der Waals surface area contributed by atoms with Gasteiger partial charge in [0.25, 0.3) is 0 Å². The molecule has 0 saturated carbocycles. The van der Waals surface area contributed by atoms with Crippen molar-refractivity contribution in [1.29, 1.82) is 0 Å². The summed E-state index contributed by atoms with van der Waals surface area (Å²) in [7, 11) is 0. The summed E-state index contributed by atoms with van der Waals surface area (Å²) in [5, 5.41) is 7.67. The lowest BCUT2D eigenvalue weighted by Gasteiger charge is -2.23. The third-order valence-corrected chi connectivity index (χ3v) is 11.0. The van der Waals surface area contributed by atoms with E-state index in [0.717, 1.165) is 0 Å². The molecule has 0 saturated heterocycles. The van der Waals surface area contributed by atoms with Crippen molar-refractivity contribution in [3.05, 3.63) is 168 Å². The average molecular weight is 629 g/mol. The van der Waals surface area contributed by atoms with Gasteiger partial charge in [0.1, 0.15) is 0 Å². The van der Waals surface area contributed by atoms with E-state index < -0.39 is 0 Å². The Morgan fingerprint density at radius 1 is 0.388 bits per heavy atom. The van der Waals surface area contributed by atoms with Gasteiger partial charge in [-0.3, -0.25) is 0 Å². The van der Waals surface area contributed by atoms with E-state index in [9.17, 15) is 0 Å². The molecular weight excluding hydrogens is 589 g/mol. The van der Waals surface area contributed by atoms with Crippen LogP contribution in [0.15, 0.2) is 152 Å². The summed E-state index contributed by atoms with van der Waals surface area (Å²) in [6.45, 7) is 11.6. The molecule has 0 nitrogen and oxygen atoms in total. The molecule has 1 aliphatic rings. The van der Waals surface area contributed by atoms with E-state index in [1.807, 2.05) is 0 Å². The monoisotopic (exact) mass is 628 g/mol. The second-order valence-corrected chi connectivity index (χ2v) is 15.4. The van der Waals surface area contributed by atoms with Gasteiger partial charge < -0.3 is 0 Å². The maximum atomic E-state index is 2.48. The van der Waals surface area contributed by atoms with E-state index >= 15 is 0 Å². The Hall–Kier alpha value is -5.46. The van der Waals surface area contributed by atoms with Crippen molar-refractivity contribution in [2.24, 2.45) is 0 Å². The van der Waals surface area contributed by atoms with Crippen molar-refractivity contribution in [3.8, 4) is 44.5 Å². The van der Waals surface area contributed by atoms with Crippen molar-refractivity contribution in [2.75, 3.05) is 0 Å². The highest BCUT2D eigenvalue weighted by atomic mass is 14.4. The molecule has 0 fully saturated rings. The lowest BCUT2D eigenvalue weighted by atomic mass is 9.80. The molecule has 0 heteroatoms. The third kappa shape index (κ3) is 4.66. The smallest absolute Gasteiger partial charge is 0.0159 e. The van der Waals surface area contributed by atoms with Crippen LogP contribution in [0.5, 0.6) is 0 Å². The summed E-state index contributed by atoms with van der Waals surface area (Å²) in [6.07, 6.45) is 0. The van der Waals surface area contributed by atoms with Gasteiger partial charge in [0, 0.05) is 5.41 Å². The quantitative estimate of drug-likeness (QED) is 0.171. The molecular formula is C49H40. The first-order chi connectivity index (χ1) is 23.7. The van der Waals surface area contributed by atoms with Crippen LogP contribution >= 0.6 is 0 Å². The van der Waals surface area contributed by atoms with Gasteiger partial charge in [0.05, 0.1) is 0 Å². The van der Waals surface area contributed by atoms with E-state index in [1.165, 1.54) is 93.5 Å². The topological polar surface area (TPSA) is 0 Å². The van der Waals surface area contributed by atoms with Crippen LogP contribution in [0.25, 0.3) is 76.8 Å². The molecule has 0 N–H and O–H groups in total. The zero-order chi connectivity index (χ0) is 33.5. The molecule has 0 bridgehead atoms. The molecule has 1 aliphatic carbocycles. The Labute approximate surface area is 289 Å². The van der Waals surface area contributed by atoms with Crippen LogP contribution in [0.4, 0.5) is 0 Å². The Kier molecular flexibility index (Phi) is 6.52. The Morgan fingerprint density at radius 2 is 0.939 bits per heavy atom. The number of hydrogen-bond acceptors (Lipinski definition) is 0. The van der Waals surface area contributed by atoms with Gasteiger partial charge in [-0.1, -0.05) is 168 Å². The van der Waals surface area contributed by atoms with Crippen LogP contribution in [0.3, 0.4) is 0 Å². The predicted octanol–water partition coefficient (Wildman–Crippen LogP) is 13.8. The maximum absolute atomic E-state index is 2.48. The van der Waals surface area contributed by atoms with Crippen molar-refractivity contribution < 1.29 is 0 Å². The fraction of sp³-hybridized carbons (Fsp3) is 0.143. The van der Waals surface area contributed by atoms with Crippen LogP contribution < -0.4 is 0 Å². The first-order valence-corrected chi connectivity index (χ1v) is 17.5. The number of rotatable bonds is 3. The maximum Gasteiger partial charge on any atom is 0.0159 e. The molecule has 0 radical (unpaired) electrons.